The molecule has 0 aliphatic carbocycles. The molecule has 0 saturated heterocycles. The van der Waals surface area contributed by atoms with Crippen molar-refractivity contribution in [3.63, 3.8) is 0 Å². The minimum absolute atomic E-state index is 0.0667. The molecular formula is C14H17N5O2. The lowest BCUT2D eigenvalue weighted by Crippen LogP contribution is -2.44. The summed E-state index contributed by atoms with van der Waals surface area (Å²) in [5.41, 5.74) is 2.23. The fourth-order valence-corrected chi connectivity index (χ4v) is 2.40. The van der Waals surface area contributed by atoms with Crippen LogP contribution >= 0.6 is 0 Å². The molecule has 1 aliphatic rings. The molecule has 1 atom stereocenters. The van der Waals surface area contributed by atoms with Crippen LogP contribution in [0.1, 0.15) is 11.1 Å². The first-order chi connectivity index (χ1) is 10.1. The van der Waals surface area contributed by atoms with Crippen LogP contribution in [0.15, 0.2) is 24.5 Å². The molecule has 7 nitrogen and oxygen atoms in total. The van der Waals surface area contributed by atoms with Crippen molar-refractivity contribution in [3.05, 3.63) is 35.7 Å². The van der Waals surface area contributed by atoms with Gasteiger partial charge in [0.1, 0.15) is 18.7 Å². The van der Waals surface area contributed by atoms with Gasteiger partial charge in [-0.05, 0) is 24.5 Å². The number of amides is 2. The van der Waals surface area contributed by atoms with Gasteiger partial charge in [-0.2, -0.15) is 0 Å². The number of nitrogens with one attached hydrogen (secondary N) is 2. The first kappa shape index (κ1) is 13.4. The van der Waals surface area contributed by atoms with Crippen LogP contribution in [-0.4, -0.2) is 33.4 Å². The van der Waals surface area contributed by atoms with Gasteiger partial charge in [0.25, 0.3) is 0 Å². The van der Waals surface area contributed by atoms with E-state index >= 15 is 0 Å². The quantitative estimate of drug-likeness (QED) is 0.871. The van der Waals surface area contributed by atoms with Gasteiger partial charge in [-0.15, -0.1) is 5.10 Å². The summed E-state index contributed by atoms with van der Waals surface area (Å²) >= 11 is 0. The van der Waals surface area contributed by atoms with E-state index in [1.54, 1.807) is 7.05 Å². The van der Waals surface area contributed by atoms with Gasteiger partial charge in [0.2, 0.25) is 5.95 Å². The van der Waals surface area contributed by atoms with Crippen LogP contribution in [0.4, 0.5) is 10.7 Å². The van der Waals surface area contributed by atoms with Crippen LogP contribution in [0.5, 0.6) is 5.75 Å². The highest BCUT2D eigenvalue weighted by Crippen LogP contribution is 2.28. The Balaban J connectivity index is 1.60. The van der Waals surface area contributed by atoms with Crippen molar-refractivity contribution in [2.24, 2.45) is 7.05 Å². The van der Waals surface area contributed by atoms with E-state index in [-0.39, 0.29) is 18.0 Å². The molecule has 2 amide bonds. The number of ether oxygens (including phenoxy) is 1. The molecule has 0 bridgehead atoms. The van der Waals surface area contributed by atoms with Crippen molar-refractivity contribution in [1.29, 1.82) is 0 Å². The van der Waals surface area contributed by atoms with Crippen molar-refractivity contribution < 1.29 is 9.53 Å². The van der Waals surface area contributed by atoms with Crippen molar-refractivity contribution in [1.82, 2.24) is 20.1 Å². The fraction of sp³-hybridized carbons (Fsp3) is 0.357. The summed E-state index contributed by atoms with van der Waals surface area (Å²) in [4.78, 5) is 15.8. The lowest BCUT2D eigenvalue weighted by atomic mass is 10.0. The fourth-order valence-electron chi connectivity index (χ4n) is 2.40. The van der Waals surface area contributed by atoms with Crippen LogP contribution < -0.4 is 15.4 Å². The zero-order chi connectivity index (χ0) is 14.8. The number of hydrogen-bond acceptors (Lipinski definition) is 4. The zero-order valence-electron chi connectivity index (χ0n) is 12.0. The summed E-state index contributed by atoms with van der Waals surface area (Å²) < 4.78 is 7.27. The number of anilines is 1. The van der Waals surface area contributed by atoms with Crippen molar-refractivity contribution in [3.8, 4) is 5.75 Å². The van der Waals surface area contributed by atoms with E-state index in [0.717, 1.165) is 23.3 Å². The van der Waals surface area contributed by atoms with Crippen LogP contribution in [-0.2, 0) is 13.5 Å². The molecule has 0 spiro atoms. The maximum absolute atomic E-state index is 11.9. The number of carbonyl (C=O) groups is 1. The maximum Gasteiger partial charge on any atom is 0.322 e. The number of hydrogen-bond donors (Lipinski definition) is 2. The number of rotatable bonds is 2. The minimum atomic E-state index is -0.328. The molecular weight excluding hydrogens is 270 g/mol. The third-order valence-electron chi connectivity index (χ3n) is 3.35. The summed E-state index contributed by atoms with van der Waals surface area (Å²) in [6.45, 7) is 2.48. The van der Waals surface area contributed by atoms with Crippen LogP contribution in [0.2, 0.25) is 0 Å². The number of aryl methyl sites for hydroxylation is 2. The monoisotopic (exact) mass is 287 g/mol. The van der Waals surface area contributed by atoms with Crippen LogP contribution in [0.3, 0.4) is 0 Å². The van der Waals surface area contributed by atoms with Gasteiger partial charge in [0, 0.05) is 7.05 Å². The first-order valence-corrected chi connectivity index (χ1v) is 6.76. The van der Waals surface area contributed by atoms with E-state index in [0.29, 0.717) is 6.61 Å². The number of carbonyl (C=O) groups excluding carboxylic acids is 1. The molecule has 110 valence electrons. The molecule has 0 radical (unpaired) electrons. The predicted octanol–water partition coefficient (Wildman–Crippen LogP) is 1.25. The van der Waals surface area contributed by atoms with Gasteiger partial charge < -0.3 is 10.1 Å². The zero-order valence-corrected chi connectivity index (χ0v) is 12.0. The molecule has 21 heavy (non-hydrogen) atoms. The smallest absolute Gasteiger partial charge is 0.322 e. The Kier molecular flexibility index (Phi) is 3.47. The first-order valence-electron chi connectivity index (χ1n) is 6.76. The summed E-state index contributed by atoms with van der Waals surface area (Å²) in [7, 11) is 1.74. The summed E-state index contributed by atoms with van der Waals surface area (Å²) in [6, 6.07) is 5.65. The van der Waals surface area contributed by atoms with Gasteiger partial charge in [-0.1, -0.05) is 18.2 Å². The van der Waals surface area contributed by atoms with E-state index in [9.17, 15) is 4.79 Å². The van der Waals surface area contributed by atoms with Crippen molar-refractivity contribution >= 4 is 12.0 Å². The number of para-hydroxylation sites is 1. The Morgan fingerprint density at radius 2 is 2.33 bits per heavy atom. The van der Waals surface area contributed by atoms with Crippen LogP contribution in [0, 0.1) is 6.92 Å². The van der Waals surface area contributed by atoms with E-state index in [2.05, 4.69) is 20.7 Å². The standard InChI is InChI=1S/C14H17N5O2/c1-9-4-3-5-10-6-11(7-21-12(9)10)16-14(20)17-13-15-8-19(2)18-13/h3-5,8,11H,6-7H2,1-2H3,(H2,16,17,18,20). The number of aromatic nitrogens is 3. The highest BCUT2D eigenvalue weighted by Gasteiger charge is 2.22. The summed E-state index contributed by atoms with van der Waals surface area (Å²) in [5.74, 6) is 1.21. The molecule has 1 aromatic heterocycles. The highest BCUT2D eigenvalue weighted by molar-refractivity contribution is 5.87. The second-order valence-electron chi connectivity index (χ2n) is 5.12. The Hall–Kier alpha value is -2.57. The third kappa shape index (κ3) is 2.96. The molecule has 7 heteroatoms. The summed E-state index contributed by atoms with van der Waals surface area (Å²) in [5, 5.41) is 9.46. The Morgan fingerprint density at radius 3 is 3.10 bits per heavy atom. The number of benzene rings is 1. The molecule has 2 N–H and O–H groups in total. The highest BCUT2D eigenvalue weighted by atomic mass is 16.5. The van der Waals surface area contributed by atoms with E-state index in [1.807, 2.05) is 25.1 Å². The van der Waals surface area contributed by atoms with Gasteiger partial charge in [-0.25, -0.2) is 9.78 Å². The lowest BCUT2D eigenvalue weighted by Gasteiger charge is -2.27. The average molecular weight is 287 g/mol. The number of fused-ring (bicyclic) bond motifs is 1. The van der Waals surface area contributed by atoms with E-state index in [4.69, 9.17) is 4.74 Å². The SMILES string of the molecule is Cc1cccc2c1OCC(NC(=O)Nc1ncn(C)n1)C2. The largest absolute Gasteiger partial charge is 0.491 e. The number of nitrogens with zero attached hydrogens (tertiary/aromatic N) is 3. The molecule has 2 aromatic rings. The molecule has 0 fully saturated rings. The third-order valence-corrected chi connectivity index (χ3v) is 3.35. The normalized spacial score (nSPS) is 16.8. The second kappa shape index (κ2) is 5.43. The minimum Gasteiger partial charge on any atom is -0.491 e. The topological polar surface area (TPSA) is 81.1 Å². The van der Waals surface area contributed by atoms with E-state index in [1.165, 1.54) is 11.0 Å². The molecule has 1 aliphatic heterocycles. The summed E-state index contributed by atoms with van der Waals surface area (Å²) in [6.07, 6.45) is 2.28. The molecule has 1 unspecified atom stereocenters. The Morgan fingerprint density at radius 1 is 1.48 bits per heavy atom. The Labute approximate surface area is 122 Å². The van der Waals surface area contributed by atoms with Gasteiger partial charge in [0.05, 0.1) is 6.04 Å². The molecule has 2 heterocycles. The second-order valence-corrected chi connectivity index (χ2v) is 5.12. The van der Waals surface area contributed by atoms with E-state index < -0.39 is 0 Å². The lowest BCUT2D eigenvalue weighted by molar-refractivity contribution is 0.222. The molecule has 0 saturated carbocycles. The Bertz CT molecular complexity index is 667. The maximum atomic E-state index is 11.9. The van der Waals surface area contributed by atoms with Crippen LogP contribution in [0.25, 0.3) is 0 Å². The van der Waals surface area contributed by atoms with Gasteiger partial charge in [0.15, 0.2) is 0 Å². The average Bonchev–Trinajstić information content (AvgIpc) is 2.84. The van der Waals surface area contributed by atoms with Gasteiger partial charge in [-0.3, -0.25) is 10.00 Å². The molecule has 3 rings (SSSR count). The van der Waals surface area contributed by atoms with Gasteiger partial charge >= 0.3 is 6.03 Å². The molecule has 1 aromatic carbocycles. The van der Waals surface area contributed by atoms with Crippen molar-refractivity contribution in [2.75, 3.05) is 11.9 Å². The predicted molar refractivity (Wildman–Crippen MR) is 77.3 cm³/mol. The number of urea groups is 1. The van der Waals surface area contributed by atoms with Crippen molar-refractivity contribution in [2.45, 2.75) is 19.4 Å².